The van der Waals surface area contributed by atoms with Gasteiger partial charge in [-0.3, -0.25) is 0 Å². The minimum absolute atomic E-state index is 0.316. The zero-order valence-electron chi connectivity index (χ0n) is 16.6. The molecule has 0 amide bonds. The normalized spacial score (nSPS) is 11.0. The molecule has 0 bridgehead atoms. The molecule has 0 fully saturated rings. The number of ether oxygens (including phenoxy) is 1. The summed E-state index contributed by atoms with van der Waals surface area (Å²) < 4.78 is 4.94. The van der Waals surface area contributed by atoms with Gasteiger partial charge in [0.05, 0.1) is 7.11 Å². The molecular formula is C22H29NO2S. The van der Waals surface area contributed by atoms with E-state index in [0.29, 0.717) is 11.4 Å². The van der Waals surface area contributed by atoms with Crippen LogP contribution in [0.1, 0.15) is 41.7 Å². The van der Waals surface area contributed by atoms with Crippen LogP contribution in [0.4, 0.5) is 0 Å². The quantitative estimate of drug-likeness (QED) is 0.611. The van der Waals surface area contributed by atoms with Gasteiger partial charge in [-0.15, -0.1) is 0 Å². The van der Waals surface area contributed by atoms with Crippen LogP contribution in [-0.2, 0) is 16.0 Å². The molecule has 1 N–H and O–H groups in total. The molecule has 140 valence electrons. The van der Waals surface area contributed by atoms with Gasteiger partial charge in [0, 0.05) is 12.0 Å². The average Bonchev–Trinajstić information content (AvgIpc) is 2.64. The Bertz CT molecular complexity index is 718. The van der Waals surface area contributed by atoms with E-state index in [2.05, 4.69) is 5.32 Å². The predicted octanol–water partition coefficient (Wildman–Crippen LogP) is 4.69. The molecule has 2 rings (SSSR count). The van der Waals surface area contributed by atoms with Crippen LogP contribution in [0.25, 0.3) is 0 Å². The number of hydrogen-bond acceptors (Lipinski definition) is 3. The lowest BCUT2D eigenvalue weighted by Gasteiger charge is -2.20. The van der Waals surface area contributed by atoms with Gasteiger partial charge in [0.1, 0.15) is 11.0 Å². The first-order chi connectivity index (χ1) is 12.4. The Morgan fingerprint density at radius 1 is 1.04 bits per heavy atom. The van der Waals surface area contributed by atoms with E-state index in [1.807, 2.05) is 77.1 Å². The molecule has 0 aromatic heterocycles. The molecule has 0 radical (unpaired) electrons. The minimum Gasteiger partial charge on any atom is -0.467 e. The van der Waals surface area contributed by atoms with Crippen molar-refractivity contribution in [3.63, 3.8) is 0 Å². The smallest absolute Gasteiger partial charge is 0.328 e. The molecule has 1 atom stereocenters. The van der Waals surface area contributed by atoms with Crippen LogP contribution >= 0.6 is 12.2 Å². The number of rotatable bonds is 5. The van der Waals surface area contributed by atoms with Crippen LogP contribution in [0, 0.1) is 20.8 Å². The summed E-state index contributed by atoms with van der Waals surface area (Å²) in [6.07, 6.45) is 0.526. The second-order valence-electron chi connectivity index (χ2n) is 6.01. The Morgan fingerprint density at radius 3 is 2.08 bits per heavy atom. The largest absolute Gasteiger partial charge is 0.467 e. The van der Waals surface area contributed by atoms with Gasteiger partial charge in [0.2, 0.25) is 0 Å². The van der Waals surface area contributed by atoms with Crippen molar-refractivity contribution in [2.75, 3.05) is 7.11 Å². The molecule has 26 heavy (non-hydrogen) atoms. The van der Waals surface area contributed by atoms with Crippen LogP contribution < -0.4 is 5.32 Å². The molecule has 0 spiro atoms. The highest BCUT2D eigenvalue weighted by Gasteiger charge is 2.22. The highest BCUT2D eigenvalue weighted by atomic mass is 32.1. The molecule has 2 aromatic rings. The maximum Gasteiger partial charge on any atom is 0.328 e. The van der Waals surface area contributed by atoms with Crippen molar-refractivity contribution < 1.29 is 9.53 Å². The lowest BCUT2D eigenvalue weighted by atomic mass is 10.0. The van der Waals surface area contributed by atoms with Gasteiger partial charge in [0.25, 0.3) is 0 Å². The number of benzene rings is 2. The molecule has 0 saturated carbocycles. The van der Waals surface area contributed by atoms with Gasteiger partial charge in [0.15, 0.2) is 0 Å². The molecule has 0 aliphatic rings. The molecule has 3 nitrogen and oxygen atoms in total. The highest BCUT2D eigenvalue weighted by molar-refractivity contribution is 7.80. The highest BCUT2D eigenvalue weighted by Crippen LogP contribution is 2.15. The third-order valence-corrected chi connectivity index (χ3v) is 4.38. The van der Waals surface area contributed by atoms with Gasteiger partial charge >= 0.3 is 5.97 Å². The van der Waals surface area contributed by atoms with Crippen LogP contribution in [0.15, 0.2) is 42.5 Å². The molecule has 4 heteroatoms. The number of carbonyl (C=O) groups is 1. The lowest BCUT2D eigenvalue weighted by molar-refractivity contribution is -0.142. The first-order valence-electron chi connectivity index (χ1n) is 8.93. The van der Waals surface area contributed by atoms with Crippen molar-refractivity contribution in [1.29, 1.82) is 0 Å². The van der Waals surface area contributed by atoms with Crippen molar-refractivity contribution >= 4 is 23.2 Å². The number of aryl methyl sites for hydroxylation is 3. The third kappa shape index (κ3) is 5.95. The van der Waals surface area contributed by atoms with E-state index < -0.39 is 6.04 Å². The fourth-order valence-electron chi connectivity index (χ4n) is 2.70. The number of thiocarbonyl (C=S) groups is 1. The Labute approximate surface area is 162 Å². The van der Waals surface area contributed by atoms with E-state index in [1.54, 1.807) is 0 Å². The minimum atomic E-state index is -0.510. The molecule has 1 unspecified atom stereocenters. The Kier molecular flexibility index (Phi) is 9.00. The van der Waals surface area contributed by atoms with Crippen LogP contribution in [-0.4, -0.2) is 24.1 Å². The zero-order chi connectivity index (χ0) is 19.7. The summed E-state index contributed by atoms with van der Waals surface area (Å²) in [5.41, 5.74) is 5.41. The summed E-state index contributed by atoms with van der Waals surface area (Å²) >= 11 is 5.56. The second kappa shape index (κ2) is 10.7. The van der Waals surface area contributed by atoms with Gasteiger partial charge in [-0.2, -0.15) is 0 Å². The lowest BCUT2D eigenvalue weighted by Crippen LogP contribution is -2.43. The van der Waals surface area contributed by atoms with Crippen LogP contribution in [0.5, 0.6) is 0 Å². The SMILES string of the molecule is CC.COC(=O)C(Cc1ccc(C)cc1)NC(=S)c1c(C)cccc1C. The van der Waals surface area contributed by atoms with Gasteiger partial charge in [-0.25, -0.2) is 4.79 Å². The van der Waals surface area contributed by atoms with E-state index in [9.17, 15) is 4.79 Å². The van der Waals surface area contributed by atoms with Gasteiger partial charge in [-0.05, 0) is 37.5 Å². The number of nitrogens with one attached hydrogen (secondary N) is 1. The Hall–Kier alpha value is -2.20. The molecule has 0 heterocycles. The number of methoxy groups -OCH3 is 1. The van der Waals surface area contributed by atoms with Gasteiger partial charge in [-0.1, -0.05) is 74.1 Å². The fourth-order valence-corrected chi connectivity index (χ4v) is 3.16. The zero-order valence-corrected chi connectivity index (χ0v) is 17.4. The molecule has 0 aliphatic heterocycles. The second-order valence-corrected chi connectivity index (χ2v) is 6.41. The van der Waals surface area contributed by atoms with Crippen LogP contribution in [0.3, 0.4) is 0 Å². The van der Waals surface area contributed by atoms with Gasteiger partial charge < -0.3 is 10.1 Å². The maximum absolute atomic E-state index is 12.2. The first-order valence-corrected chi connectivity index (χ1v) is 9.33. The number of carbonyl (C=O) groups excluding carboxylic acids is 1. The molecule has 0 aliphatic carbocycles. The topological polar surface area (TPSA) is 38.3 Å². The summed E-state index contributed by atoms with van der Waals surface area (Å²) in [5, 5.41) is 3.19. The van der Waals surface area contributed by atoms with E-state index in [-0.39, 0.29) is 5.97 Å². The molecule has 2 aromatic carbocycles. The van der Waals surface area contributed by atoms with Crippen molar-refractivity contribution in [2.24, 2.45) is 0 Å². The summed E-state index contributed by atoms with van der Waals surface area (Å²) in [7, 11) is 1.40. The summed E-state index contributed by atoms with van der Waals surface area (Å²) in [6, 6.07) is 13.6. The maximum atomic E-state index is 12.2. The van der Waals surface area contributed by atoms with E-state index >= 15 is 0 Å². The average molecular weight is 372 g/mol. The monoisotopic (exact) mass is 371 g/mol. The number of hydrogen-bond donors (Lipinski definition) is 1. The Morgan fingerprint density at radius 2 is 1.58 bits per heavy atom. The van der Waals surface area contributed by atoms with Crippen molar-refractivity contribution in [1.82, 2.24) is 5.32 Å². The Balaban J connectivity index is 0.00000163. The summed E-state index contributed by atoms with van der Waals surface area (Å²) in [4.78, 5) is 12.8. The van der Waals surface area contributed by atoms with Crippen LogP contribution in [0.2, 0.25) is 0 Å². The van der Waals surface area contributed by atoms with E-state index in [4.69, 9.17) is 17.0 Å². The molecule has 0 saturated heterocycles. The van der Waals surface area contributed by atoms with Crippen molar-refractivity contribution in [3.05, 3.63) is 70.3 Å². The third-order valence-electron chi connectivity index (χ3n) is 4.06. The predicted molar refractivity (Wildman–Crippen MR) is 113 cm³/mol. The first kappa shape index (κ1) is 21.8. The van der Waals surface area contributed by atoms with Crippen molar-refractivity contribution in [3.8, 4) is 0 Å². The standard InChI is InChI=1S/C20H23NO2S.C2H6/c1-13-8-10-16(11-9-13)12-17(20(22)23-4)21-19(24)18-14(2)6-5-7-15(18)3;1-2/h5-11,17H,12H2,1-4H3,(H,21,24);1-2H3. The molecular weight excluding hydrogens is 342 g/mol. The van der Waals surface area contributed by atoms with Crippen molar-refractivity contribution in [2.45, 2.75) is 47.1 Å². The summed E-state index contributed by atoms with van der Waals surface area (Å²) in [6.45, 7) is 10.1. The fraction of sp³-hybridized carbons (Fsp3) is 0.364. The van der Waals surface area contributed by atoms with E-state index in [0.717, 1.165) is 22.3 Å². The summed E-state index contributed by atoms with van der Waals surface area (Å²) in [5.74, 6) is -0.316. The van der Waals surface area contributed by atoms with E-state index in [1.165, 1.54) is 12.7 Å². The number of esters is 1.